The van der Waals surface area contributed by atoms with Crippen LogP contribution in [-0.2, 0) is 6.42 Å². The van der Waals surface area contributed by atoms with E-state index in [1.807, 2.05) is 16.8 Å². The fourth-order valence-corrected chi connectivity index (χ4v) is 5.07. The predicted molar refractivity (Wildman–Crippen MR) is 125 cm³/mol. The van der Waals surface area contributed by atoms with Crippen molar-refractivity contribution in [2.75, 3.05) is 18.4 Å². The summed E-state index contributed by atoms with van der Waals surface area (Å²) in [6.45, 7) is 4.12. The van der Waals surface area contributed by atoms with Gasteiger partial charge in [0.2, 0.25) is 5.95 Å². The van der Waals surface area contributed by atoms with E-state index in [0.717, 1.165) is 55.4 Å². The smallest absolute Gasteiger partial charge is 0.256 e. The van der Waals surface area contributed by atoms with E-state index in [1.54, 1.807) is 0 Å². The summed E-state index contributed by atoms with van der Waals surface area (Å²) in [7, 11) is 0. The lowest BCUT2D eigenvalue weighted by Crippen LogP contribution is -2.35. The Morgan fingerprint density at radius 1 is 1.13 bits per heavy atom. The number of nitrogens with one attached hydrogen (secondary N) is 2. The average Bonchev–Trinajstić information content (AvgIpc) is 3.30. The molecule has 0 radical (unpaired) electrons. The van der Waals surface area contributed by atoms with E-state index in [0.29, 0.717) is 18.4 Å². The molecule has 6 heteroatoms. The van der Waals surface area contributed by atoms with Gasteiger partial charge >= 0.3 is 0 Å². The highest BCUT2D eigenvalue weighted by atomic mass is 16.1. The molecule has 2 aromatic heterocycles. The summed E-state index contributed by atoms with van der Waals surface area (Å²) in [6, 6.07) is 11.0. The molecular formula is C25H31N5O. The van der Waals surface area contributed by atoms with Crippen LogP contribution in [-0.4, -0.2) is 33.7 Å². The van der Waals surface area contributed by atoms with Gasteiger partial charge < -0.3 is 10.6 Å². The number of benzene rings is 1. The first-order valence-electron chi connectivity index (χ1n) is 11.6. The summed E-state index contributed by atoms with van der Waals surface area (Å²) in [4.78, 5) is 23.1. The molecule has 3 heterocycles. The largest absolute Gasteiger partial charge is 0.351 e. The van der Waals surface area contributed by atoms with Gasteiger partial charge in [-0.05, 0) is 57.3 Å². The van der Waals surface area contributed by atoms with Gasteiger partial charge in [-0.1, -0.05) is 42.7 Å². The van der Waals surface area contributed by atoms with Crippen LogP contribution in [0.5, 0.6) is 0 Å². The zero-order valence-corrected chi connectivity index (χ0v) is 18.2. The molecule has 0 spiro atoms. The summed E-state index contributed by atoms with van der Waals surface area (Å²) >= 11 is 0. The third-order valence-electron chi connectivity index (χ3n) is 6.69. The Hall–Kier alpha value is -2.73. The number of aromatic nitrogens is 3. The molecule has 0 bridgehead atoms. The summed E-state index contributed by atoms with van der Waals surface area (Å²) in [6.07, 6.45) is 9.08. The number of hydrogen-bond acceptors (Lipinski definition) is 5. The number of anilines is 1. The first-order valence-corrected chi connectivity index (χ1v) is 11.6. The Bertz CT molecular complexity index is 1130. The van der Waals surface area contributed by atoms with Crippen LogP contribution in [0.2, 0.25) is 0 Å². The highest BCUT2D eigenvalue weighted by Gasteiger charge is 2.23. The van der Waals surface area contributed by atoms with Crippen LogP contribution in [0.3, 0.4) is 0 Å². The lowest BCUT2D eigenvalue weighted by atomic mass is 10.0. The van der Waals surface area contributed by atoms with Crippen molar-refractivity contribution in [2.24, 2.45) is 0 Å². The number of pyridine rings is 1. The van der Waals surface area contributed by atoms with Crippen LogP contribution in [0.4, 0.5) is 5.95 Å². The second kappa shape index (κ2) is 8.79. The van der Waals surface area contributed by atoms with E-state index < -0.39 is 0 Å². The Labute approximate surface area is 183 Å². The SMILES string of the molecule is Cc1cccc(Cc2cc3cnc(NC4CCNCC4)nc3n(C3CCCC3)c2=O)c1. The monoisotopic (exact) mass is 417 g/mol. The van der Waals surface area contributed by atoms with Gasteiger partial charge in [-0.2, -0.15) is 4.98 Å². The third kappa shape index (κ3) is 4.35. The molecule has 3 aromatic rings. The van der Waals surface area contributed by atoms with E-state index in [-0.39, 0.29) is 11.6 Å². The summed E-state index contributed by atoms with van der Waals surface area (Å²) in [5.41, 5.74) is 4.09. The fourth-order valence-electron chi connectivity index (χ4n) is 5.07. The van der Waals surface area contributed by atoms with E-state index in [1.165, 1.54) is 24.0 Å². The van der Waals surface area contributed by atoms with Crippen molar-refractivity contribution in [1.29, 1.82) is 0 Å². The van der Waals surface area contributed by atoms with Crippen molar-refractivity contribution < 1.29 is 0 Å². The second-order valence-corrected chi connectivity index (χ2v) is 9.09. The number of rotatable bonds is 5. The Balaban J connectivity index is 1.56. The second-order valence-electron chi connectivity index (χ2n) is 9.09. The maximum atomic E-state index is 13.6. The molecule has 0 atom stereocenters. The molecular weight excluding hydrogens is 386 g/mol. The standard InChI is InChI=1S/C25H31N5O/c1-17-5-4-6-18(13-17)14-19-15-20-16-27-25(28-21-9-11-26-12-10-21)29-23(20)30(24(19)31)22-7-2-3-8-22/h4-6,13,15-16,21-22,26H,2-3,7-12,14H2,1H3,(H,27,28,29). The summed E-state index contributed by atoms with van der Waals surface area (Å²) < 4.78 is 1.97. The molecule has 1 aliphatic heterocycles. The number of piperidine rings is 1. The van der Waals surface area contributed by atoms with Gasteiger partial charge in [-0.3, -0.25) is 9.36 Å². The number of aryl methyl sites for hydroxylation is 1. The molecule has 2 N–H and O–H groups in total. The Kier molecular flexibility index (Phi) is 5.72. The van der Waals surface area contributed by atoms with Crippen molar-refractivity contribution in [2.45, 2.75) is 64.0 Å². The zero-order valence-electron chi connectivity index (χ0n) is 18.2. The van der Waals surface area contributed by atoms with Crippen LogP contribution in [0.1, 0.15) is 61.3 Å². The molecule has 6 nitrogen and oxygen atoms in total. The lowest BCUT2D eigenvalue weighted by Gasteiger charge is -2.24. The highest BCUT2D eigenvalue weighted by Crippen LogP contribution is 2.31. The minimum atomic E-state index is 0.104. The van der Waals surface area contributed by atoms with Gasteiger partial charge in [0.25, 0.3) is 5.56 Å². The number of nitrogens with zero attached hydrogens (tertiary/aromatic N) is 3. The molecule has 0 unspecified atom stereocenters. The van der Waals surface area contributed by atoms with Gasteiger partial charge in [0.1, 0.15) is 5.65 Å². The van der Waals surface area contributed by atoms with Crippen molar-refractivity contribution in [3.05, 3.63) is 63.6 Å². The molecule has 5 rings (SSSR count). The van der Waals surface area contributed by atoms with Crippen LogP contribution >= 0.6 is 0 Å². The molecule has 1 aliphatic carbocycles. The topological polar surface area (TPSA) is 71.8 Å². The van der Waals surface area contributed by atoms with Gasteiger partial charge in [0.15, 0.2) is 0 Å². The highest BCUT2D eigenvalue weighted by molar-refractivity contribution is 5.76. The van der Waals surface area contributed by atoms with Crippen LogP contribution in [0.15, 0.2) is 41.3 Å². The molecule has 1 saturated heterocycles. The van der Waals surface area contributed by atoms with E-state index in [4.69, 9.17) is 4.98 Å². The Morgan fingerprint density at radius 2 is 1.94 bits per heavy atom. The van der Waals surface area contributed by atoms with Crippen LogP contribution in [0.25, 0.3) is 11.0 Å². The van der Waals surface area contributed by atoms with Gasteiger partial charge in [0, 0.05) is 35.7 Å². The number of fused-ring (bicyclic) bond motifs is 1. The van der Waals surface area contributed by atoms with Crippen LogP contribution in [0, 0.1) is 6.92 Å². The minimum Gasteiger partial charge on any atom is -0.351 e. The molecule has 1 saturated carbocycles. The van der Waals surface area contributed by atoms with Gasteiger partial charge in [-0.25, -0.2) is 4.98 Å². The van der Waals surface area contributed by atoms with E-state index in [2.05, 4.69) is 46.8 Å². The molecule has 2 fully saturated rings. The zero-order chi connectivity index (χ0) is 21.2. The molecule has 162 valence electrons. The predicted octanol–water partition coefficient (Wildman–Crippen LogP) is 3.97. The van der Waals surface area contributed by atoms with Gasteiger partial charge in [0.05, 0.1) is 0 Å². The fraction of sp³-hybridized carbons (Fsp3) is 0.480. The van der Waals surface area contributed by atoms with E-state index >= 15 is 0 Å². The first kappa shape index (κ1) is 20.2. The van der Waals surface area contributed by atoms with Crippen LogP contribution < -0.4 is 16.2 Å². The normalized spacial score (nSPS) is 18.0. The molecule has 0 amide bonds. The Morgan fingerprint density at radius 3 is 2.71 bits per heavy atom. The maximum Gasteiger partial charge on any atom is 0.256 e. The minimum absolute atomic E-state index is 0.104. The number of hydrogen-bond donors (Lipinski definition) is 2. The van der Waals surface area contributed by atoms with Crippen molar-refractivity contribution in [1.82, 2.24) is 19.9 Å². The van der Waals surface area contributed by atoms with Crippen molar-refractivity contribution in [3.8, 4) is 0 Å². The van der Waals surface area contributed by atoms with Gasteiger partial charge in [-0.15, -0.1) is 0 Å². The summed E-state index contributed by atoms with van der Waals surface area (Å²) in [5, 5.41) is 7.83. The summed E-state index contributed by atoms with van der Waals surface area (Å²) in [5.74, 6) is 0.636. The lowest BCUT2D eigenvalue weighted by molar-refractivity contribution is 0.477. The first-order chi connectivity index (χ1) is 15.2. The third-order valence-corrected chi connectivity index (χ3v) is 6.69. The molecule has 2 aliphatic rings. The quantitative estimate of drug-likeness (QED) is 0.657. The maximum absolute atomic E-state index is 13.6. The molecule has 31 heavy (non-hydrogen) atoms. The van der Waals surface area contributed by atoms with Crippen molar-refractivity contribution in [3.63, 3.8) is 0 Å². The molecule has 1 aromatic carbocycles. The average molecular weight is 418 g/mol. The van der Waals surface area contributed by atoms with Crippen molar-refractivity contribution >= 4 is 17.0 Å². The van der Waals surface area contributed by atoms with E-state index in [9.17, 15) is 4.79 Å².